The highest BCUT2D eigenvalue weighted by atomic mass is 32.2. The second kappa shape index (κ2) is 12.1. The van der Waals surface area contributed by atoms with Gasteiger partial charge in [0.1, 0.15) is 6.26 Å². The van der Waals surface area contributed by atoms with Crippen LogP contribution >= 0.6 is 11.8 Å². The van der Waals surface area contributed by atoms with Crippen LogP contribution in [0.3, 0.4) is 0 Å². The summed E-state index contributed by atoms with van der Waals surface area (Å²) in [5.41, 5.74) is 2.28. The predicted octanol–water partition coefficient (Wildman–Crippen LogP) is 2.83. The van der Waals surface area contributed by atoms with Gasteiger partial charge in [-0.1, -0.05) is 24.3 Å². The summed E-state index contributed by atoms with van der Waals surface area (Å²) in [5.74, 6) is -0.509. The van der Waals surface area contributed by atoms with Crippen LogP contribution in [-0.4, -0.2) is 50.5 Å². The highest BCUT2D eigenvalue weighted by Crippen LogP contribution is 2.36. The molecule has 5 N–H and O–H groups in total. The fourth-order valence-electron chi connectivity index (χ4n) is 3.45. The minimum absolute atomic E-state index is 0.0784. The van der Waals surface area contributed by atoms with Crippen molar-refractivity contribution >= 4 is 17.7 Å². The summed E-state index contributed by atoms with van der Waals surface area (Å²) in [4.78, 5) is 11.5. The monoisotopic (exact) mass is 411 g/mol. The average Bonchev–Trinajstić information content (AvgIpc) is 3.28. The minimum Gasteiger partial charge on any atom is -0.481 e. The van der Waals surface area contributed by atoms with Gasteiger partial charge in [-0.15, -0.1) is 11.8 Å². The van der Waals surface area contributed by atoms with Crippen molar-refractivity contribution in [1.82, 2.24) is 5.48 Å². The Morgan fingerprint density at radius 1 is 1.43 bits per heavy atom. The van der Waals surface area contributed by atoms with Gasteiger partial charge in [-0.3, -0.25) is 4.79 Å². The number of nitrogens with one attached hydrogen (secondary N) is 1. The Morgan fingerprint density at radius 3 is 2.93 bits per heavy atom. The number of carboxylic acid groups (broad SMARTS) is 1. The summed E-state index contributed by atoms with van der Waals surface area (Å²) in [6.07, 6.45) is 12.0. The molecule has 5 atom stereocenters. The number of carboxylic acids is 1. The first kappa shape index (κ1) is 22.7. The number of thioether (sulfide) groups is 1. The van der Waals surface area contributed by atoms with Gasteiger partial charge in [0.05, 0.1) is 18.5 Å². The number of aliphatic hydroxyl groups excluding tert-OH is 2. The number of rotatable bonds is 12. The van der Waals surface area contributed by atoms with Crippen LogP contribution in [-0.2, 0) is 4.79 Å². The van der Waals surface area contributed by atoms with Crippen LogP contribution < -0.4 is 5.48 Å². The van der Waals surface area contributed by atoms with Gasteiger partial charge in [-0.05, 0) is 37.7 Å². The zero-order chi connectivity index (χ0) is 20.4. The number of hydrogen-bond acceptors (Lipinski definition) is 7. The summed E-state index contributed by atoms with van der Waals surface area (Å²) in [5, 5.41) is 38.6. The van der Waals surface area contributed by atoms with Crippen LogP contribution in [0.5, 0.6) is 0 Å². The van der Waals surface area contributed by atoms with Crippen LogP contribution in [0.1, 0.15) is 32.1 Å². The first-order valence-corrected chi connectivity index (χ1v) is 10.5. The lowest BCUT2D eigenvalue weighted by Crippen LogP contribution is -2.30. The number of furan rings is 1. The van der Waals surface area contributed by atoms with Crippen molar-refractivity contribution in [3.8, 4) is 0 Å². The second-order valence-electron chi connectivity index (χ2n) is 7.00. The molecule has 2 rings (SSSR count). The van der Waals surface area contributed by atoms with Crippen LogP contribution in [0, 0.1) is 11.8 Å². The van der Waals surface area contributed by atoms with Gasteiger partial charge >= 0.3 is 5.97 Å². The molecule has 7 nitrogen and oxygen atoms in total. The molecule has 1 aromatic heterocycles. The van der Waals surface area contributed by atoms with Gasteiger partial charge < -0.3 is 24.9 Å². The molecule has 0 aromatic carbocycles. The second-order valence-corrected chi connectivity index (χ2v) is 8.09. The van der Waals surface area contributed by atoms with E-state index in [9.17, 15) is 20.2 Å². The Morgan fingerprint density at radius 2 is 2.25 bits per heavy atom. The van der Waals surface area contributed by atoms with E-state index in [4.69, 9.17) is 9.52 Å². The van der Waals surface area contributed by atoms with Crippen molar-refractivity contribution in [3.63, 3.8) is 0 Å². The zero-order valence-corrected chi connectivity index (χ0v) is 16.5. The summed E-state index contributed by atoms with van der Waals surface area (Å²) in [6.45, 7) is 0. The Labute approximate surface area is 169 Å². The highest BCUT2D eigenvalue weighted by Gasteiger charge is 2.40. The topological polar surface area (TPSA) is 123 Å². The summed E-state index contributed by atoms with van der Waals surface area (Å²) >= 11 is 1.49. The first-order valence-electron chi connectivity index (χ1n) is 9.47. The van der Waals surface area contributed by atoms with Crippen molar-refractivity contribution in [2.45, 2.75) is 55.2 Å². The Hall–Kier alpha value is -1.58. The van der Waals surface area contributed by atoms with E-state index >= 15 is 0 Å². The number of unbranched alkanes of at least 4 members (excludes halogenated alkanes) is 1. The molecule has 0 radical (unpaired) electrons. The van der Waals surface area contributed by atoms with Crippen molar-refractivity contribution in [2.24, 2.45) is 11.8 Å². The standard InChI is InChI=1S/C20H29NO6S/c22-14(13-28-15-9-10-27-12-15)7-8-16-17(19(23)11-18(16)21-26)5-3-1-2-4-6-20(24)25/h1,3,7-10,12,14,16-19,21-23,26H,2,4-6,11,13H2,(H,24,25)/b3-1-,8-7+/t14-,16-,17?,18?,19+/m1/s1. The molecule has 2 unspecified atom stereocenters. The molecule has 1 aliphatic rings. The van der Waals surface area contributed by atoms with Crippen molar-refractivity contribution in [1.29, 1.82) is 0 Å². The molecule has 1 heterocycles. The van der Waals surface area contributed by atoms with Crippen molar-refractivity contribution in [2.75, 3.05) is 5.75 Å². The summed E-state index contributed by atoms with van der Waals surface area (Å²) in [7, 11) is 0. The number of allylic oxidation sites excluding steroid dienone is 2. The van der Waals surface area contributed by atoms with E-state index in [0.29, 0.717) is 31.4 Å². The minimum atomic E-state index is -0.800. The number of aliphatic carboxylic acids is 1. The summed E-state index contributed by atoms with van der Waals surface area (Å²) < 4.78 is 5.00. The average molecular weight is 412 g/mol. The van der Waals surface area contributed by atoms with Crippen LogP contribution in [0.4, 0.5) is 0 Å². The zero-order valence-electron chi connectivity index (χ0n) is 15.7. The third-order valence-electron chi connectivity index (χ3n) is 4.92. The normalized spacial score (nSPS) is 26.4. The molecule has 0 aliphatic heterocycles. The van der Waals surface area contributed by atoms with Gasteiger partial charge in [-0.2, -0.15) is 0 Å². The molecule has 8 heteroatoms. The van der Waals surface area contributed by atoms with Crippen molar-refractivity contribution < 1.29 is 29.7 Å². The molecule has 0 bridgehead atoms. The molecule has 1 saturated carbocycles. The molecule has 1 aromatic rings. The lowest BCUT2D eigenvalue weighted by atomic mass is 9.89. The van der Waals surface area contributed by atoms with E-state index in [1.165, 1.54) is 11.8 Å². The molecule has 0 saturated heterocycles. The molecule has 1 fully saturated rings. The molecular formula is C20H29NO6S. The number of hydrogen-bond donors (Lipinski definition) is 5. The lowest BCUT2D eigenvalue weighted by Gasteiger charge is -2.21. The number of aliphatic hydroxyl groups is 2. The van der Waals surface area contributed by atoms with Gasteiger partial charge in [0, 0.05) is 29.0 Å². The first-order chi connectivity index (χ1) is 13.5. The highest BCUT2D eigenvalue weighted by molar-refractivity contribution is 7.99. The van der Waals surface area contributed by atoms with Crippen molar-refractivity contribution in [3.05, 3.63) is 42.9 Å². The van der Waals surface area contributed by atoms with E-state index in [0.717, 1.165) is 4.90 Å². The van der Waals surface area contributed by atoms with Gasteiger partial charge in [0.2, 0.25) is 0 Å². The third kappa shape index (κ3) is 7.44. The van der Waals surface area contributed by atoms with Crippen LogP contribution in [0.25, 0.3) is 0 Å². The van der Waals surface area contributed by atoms with Gasteiger partial charge in [0.25, 0.3) is 0 Å². The molecule has 1 aliphatic carbocycles. The van der Waals surface area contributed by atoms with Crippen LogP contribution in [0.2, 0.25) is 0 Å². The van der Waals surface area contributed by atoms with E-state index in [-0.39, 0.29) is 24.3 Å². The third-order valence-corrected chi connectivity index (χ3v) is 6.00. The molecule has 28 heavy (non-hydrogen) atoms. The molecule has 0 amide bonds. The maximum absolute atomic E-state index is 10.5. The maximum Gasteiger partial charge on any atom is 0.303 e. The smallest absolute Gasteiger partial charge is 0.303 e. The molecule has 0 spiro atoms. The number of hydroxylamine groups is 1. The SMILES string of the molecule is O=C(O)CCC/C=C\CC1[C@@H](/C=C/[C@@H](O)CSc2ccoc2)C(NO)C[C@@H]1O. The fraction of sp³-hybridized carbons (Fsp3) is 0.550. The lowest BCUT2D eigenvalue weighted by molar-refractivity contribution is -0.137. The fourth-order valence-corrected chi connectivity index (χ4v) is 4.20. The Kier molecular flexibility index (Phi) is 9.80. The maximum atomic E-state index is 10.5. The number of carbonyl (C=O) groups is 1. The summed E-state index contributed by atoms with van der Waals surface area (Å²) in [6, 6.07) is 1.56. The largest absolute Gasteiger partial charge is 0.481 e. The Bertz CT molecular complexity index is 633. The quantitative estimate of drug-likeness (QED) is 0.154. The van der Waals surface area contributed by atoms with E-state index in [2.05, 4.69) is 5.48 Å². The van der Waals surface area contributed by atoms with Gasteiger partial charge in [-0.25, -0.2) is 5.48 Å². The molecular weight excluding hydrogens is 382 g/mol. The van der Waals surface area contributed by atoms with E-state index < -0.39 is 18.2 Å². The molecule has 156 valence electrons. The van der Waals surface area contributed by atoms with E-state index in [1.54, 1.807) is 18.6 Å². The Balaban J connectivity index is 1.86. The predicted molar refractivity (Wildman–Crippen MR) is 106 cm³/mol. The van der Waals surface area contributed by atoms with Crippen LogP contribution in [0.15, 0.2) is 52.2 Å². The van der Waals surface area contributed by atoms with Gasteiger partial charge in [0.15, 0.2) is 0 Å². The van der Waals surface area contributed by atoms with E-state index in [1.807, 2.05) is 24.3 Å².